The zero-order valence-electron chi connectivity index (χ0n) is 19.9. The fourth-order valence-electron chi connectivity index (χ4n) is 4.79. The minimum atomic E-state index is -0.670. The molecule has 0 radical (unpaired) electrons. The van der Waals surface area contributed by atoms with Crippen LogP contribution in [-0.2, 0) is 14.3 Å². The third-order valence-corrected chi connectivity index (χ3v) is 6.64. The maximum atomic E-state index is 13.5. The van der Waals surface area contributed by atoms with E-state index in [4.69, 9.17) is 14.5 Å². The van der Waals surface area contributed by atoms with Gasteiger partial charge in [0.05, 0.1) is 24.9 Å². The van der Waals surface area contributed by atoms with Gasteiger partial charge in [-0.3, -0.25) is 4.79 Å². The molecule has 1 saturated heterocycles. The molecule has 8 heteroatoms. The number of H-pyrrole nitrogens is 1. The molecular formula is C24H38N4O4. The number of amides is 2. The minimum absolute atomic E-state index is 0.0597. The molecule has 1 N–H and O–H groups in total. The summed E-state index contributed by atoms with van der Waals surface area (Å²) in [5, 5.41) is 0. The van der Waals surface area contributed by atoms with Crippen molar-refractivity contribution in [2.24, 2.45) is 0 Å². The lowest BCUT2D eigenvalue weighted by Crippen LogP contribution is -2.54. The van der Waals surface area contributed by atoms with Crippen molar-refractivity contribution in [2.45, 2.75) is 102 Å². The number of carbonyl (C=O) groups is 2. The molecular weight excluding hydrogens is 408 g/mol. The first-order valence-electron chi connectivity index (χ1n) is 12.2. The maximum absolute atomic E-state index is 13.5. The van der Waals surface area contributed by atoms with Crippen LogP contribution in [0.25, 0.3) is 0 Å². The van der Waals surface area contributed by atoms with E-state index in [1.54, 1.807) is 4.90 Å². The summed E-state index contributed by atoms with van der Waals surface area (Å²) in [6, 6.07) is 0.0805. The van der Waals surface area contributed by atoms with Gasteiger partial charge in [0, 0.05) is 24.7 Å². The van der Waals surface area contributed by atoms with Crippen LogP contribution in [0.2, 0.25) is 0 Å². The summed E-state index contributed by atoms with van der Waals surface area (Å²) < 4.78 is 11.3. The lowest BCUT2D eigenvalue weighted by Gasteiger charge is -2.37. The van der Waals surface area contributed by atoms with E-state index in [0.29, 0.717) is 19.1 Å². The van der Waals surface area contributed by atoms with E-state index in [0.717, 1.165) is 24.4 Å². The Labute approximate surface area is 191 Å². The molecule has 8 nitrogen and oxygen atoms in total. The summed E-state index contributed by atoms with van der Waals surface area (Å²) in [6.45, 7) is 8.56. The molecule has 3 aliphatic rings. The normalized spacial score (nSPS) is 23.6. The van der Waals surface area contributed by atoms with Crippen LogP contribution in [0.15, 0.2) is 6.20 Å². The van der Waals surface area contributed by atoms with Gasteiger partial charge < -0.3 is 24.3 Å². The van der Waals surface area contributed by atoms with E-state index in [2.05, 4.69) is 4.98 Å². The Balaban J connectivity index is 1.43. The van der Waals surface area contributed by atoms with Gasteiger partial charge in [-0.15, -0.1) is 0 Å². The number of imidazole rings is 1. The number of aromatic amines is 1. The molecule has 2 saturated carbocycles. The smallest absolute Gasteiger partial charge is 0.410 e. The number of rotatable bonds is 5. The van der Waals surface area contributed by atoms with Crippen molar-refractivity contribution in [3.8, 4) is 0 Å². The van der Waals surface area contributed by atoms with E-state index in [9.17, 15) is 9.59 Å². The van der Waals surface area contributed by atoms with Gasteiger partial charge >= 0.3 is 6.09 Å². The molecule has 2 amide bonds. The van der Waals surface area contributed by atoms with Crippen molar-refractivity contribution in [1.82, 2.24) is 19.8 Å². The zero-order valence-corrected chi connectivity index (χ0v) is 19.9. The average Bonchev–Trinajstić information content (AvgIpc) is 3.47. The highest BCUT2D eigenvalue weighted by Gasteiger charge is 2.42. The van der Waals surface area contributed by atoms with Crippen LogP contribution >= 0.6 is 0 Å². The monoisotopic (exact) mass is 446 g/mol. The molecule has 2 heterocycles. The number of nitrogens with zero attached hydrogens (tertiary/aromatic N) is 3. The summed E-state index contributed by atoms with van der Waals surface area (Å²) in [5.41, 5.74) is 0.338. The molecule has 0 bridgehead atoms. The average molecular weight is 447 g/mol. The molecule has 1 aliphatic heterocycles. The van der Waals surface area contributed by atoms with Gasteiger partial charge in [0.25, 0.3) is 5.91 Å². The molecule has 3 fully saturated rings. The van der Waals surface area contributed by atoms with E-state index >= 15 is 0 Å². The lowest BCUT2D eigenvalue weighted by atomic mass is 9.89. The van der Waals surface area contributed by atoms with Crippen LogP contribution < -0.4 is 0 Å². The molecule has 0 spiro atoms. The molecule has 1 aromatic heterocycles. The van der Waals surface area contributed by atoms with E-state index in [1.165, 1.54) is 32.1 Å². The summed E-state index contributed by atoms with van der Waals surface area (Å²) in [4.78, 5) is 37.9. The minimum Gasteiger partial charge on any atom is -0.444 e. The van der Waals surface area contributed by atoms with Crippen LogP contribution in [0, 0.1) is 0 Å². The third kappa shape index (κ3) is 5.45. The van der Waals surface area contributed by atoms with Crippen LogP contribution in [0.3, 0.4) is 0 Å². The second kappa shape index (κ2) is 9.41. The maximum Gasteiger partial charge on any atom is 0.410 e. The topological polar surface area (TPSA) is 87.8 Å². The highest BCUT2D eigenvalue weighted by molar-refractivity contribution is 5.83. The van der Waals surface area contributed by atoms with E-state index in [1.807, 2.05) is 38.8 Å². The summed E-state index contributed by atoms with van der Waals surface area (Å²) in [7, 11) is 0. The first-order chi connectivity index (χ1) is 15.2. The van der Waals surface area contributed by atoms with Gasteiger partial charge in [-0.05, 0) is 53.4 Å². The third-order valence-electron chi connectivity index (χ3n) is 6.64. The van der Waals surface area contributed by atoms with Crippen molar-refractivity contribution in [1.29, 1.82) is 0 Å². The zero-order chi connectivity index (χ0) is 22.9. The predicted octanol–water partition coefficient (Wildman–Crippen LogP) is 4.15. The SMILES string of the molecule is C[C@H](c1c[nH]c(C2CCCCC2)n1)N(C(=O)[C@H]1CN(C(=O)OC(C)(C)C)CCO1)C1CC1. The van der Waals surface area contributed by atoms with Crippen LogP contribution in [0.1, 0.15) is 96.1 Å². The van der Waals surface area contributed by atoms with Crippen molar-refractivity contribution in [2.75, 3.05) is 19.7 Å². The summed E-state index contributed by atoms with van der Waals surface area (Å²) in [5.74, 6) is 1.49. The second-order valence-electron chi connectivity index (χ2n) is 10.5. The highest BCUT2D eigenvalue weighted by Crippen LogP contribution is 2.36. The van der Waals surface area contributed by atoms with Crippen LogP contribution in [-0.4, -0.2) is 69.2 Å². The first kappa shape index (κ1) is 23.1. The van der Waals surface area contributed by atoms with Crippen molar-refractivity contribution in [3.05, 3.63) is 17.7 Å². The Morgan fingerprint density at radius 1 is 1.22 bits per heavy atom. The largest absolute Gasteiger partial charge is 0.444 e. The molecule has 2 aliphatic carbocycles. The Morgan fingerprint density at radius 3 is 2.59 bits per heavy atom. The van der Waals surface area contributed by atoms with Crippen LogP contribution in [0.4, 0.5) is 4.79 Å². The highest BCUT2D eigenvalue weighted by atomic mass is 16.6. The number of morpholine rings is 1. The first-order valence-corrected chi connectivity index (χ1v) is 12.2. The second-order valence-corrected chi connectivity index (χ2v) is 10.5. The Bertz CT molecular complexity index is 807. The molecule has 178 valence electrons. The van der Waals surface area contributed by atoms with Crippen LogP contribution in [0.5, 0.6) is 0 Å². The summed E-state index contributed by atoms with van der Waals surface area (Å²) >= 11 is 0. The Kier molecular flexibility index (Phi) is 6.79. The Morgan fingerprint density at radius 2 is 1.94 bits per heavy atom. The predicted molar refractivity (Wildman–Crippen MR) is 120 cm³/mol. The van der Waals surface area contributed by atoms with Gasteiger partial charge in [0.2, 0.25) is 0 Å². The quantitative estimate of drug-likeness (QED) is 0.734. The van der Waals surface area contributed by atoms with Gasteiger partial charge in [-0.25, -0.2) is 9.78 Å². The molecule has 0 unspecified atom stereocenters. The van der Waals surface area contributed by atoms with Crippen molar-refractivity contribution >= 4 is 12.0 Å². The molecule has 32 heavy (non-hydrogen) atoms. The number of nitrogens with one attached hydrogen (secondary N) is 1. The van der Waals surface area contributed by atoms with Gasteiger partial charge in [0.1, 0.15) is 11.4 Å². The number of carbonyl (C=O) groups excluding carboxylic acids is 2. The molecule has 4 rings (SSSR count). The summed E-state index contributed by atoms with van der Waals surface area (Å²) in [6.07, 6.45) is 9.10. The van der Waals surface area contributed by atoms with Crippen molar-refractivity contribution < 1.29 is 19.1 Å². The molecule has 0 aromatic carbocycles. The van der Waals surface area contributed by atoms with Gasteiger partial charge in [0.15, 0.2) is 6.10 Å². The van der Waals surface area contributed by atoms with Gasteiger partial charge in [-0.1, -0.05) is 19.3 Å². The standard InChI is InChI=1S/C24H38N4O4/c1-16(19-14-25-21(26-19)17-8-6-5-7-9-17)28(18-10-11-18)22(29)20-15-27(12-13-31-20)23(30)32-24(2,3)4/h14,16-18,20H,5-13,15H2,1-4H3,(H,25,26)/t16-,20-/m1/s1. The van der Waals surface area contributed by atoms with E-state index < -0.39 is 17.8 Å². The Hall–Kier alpha value is -2.09. The molecule has 1 aromatic rings. The van der Waals surface area contributed by atoms with Gasteiger partial charge in [-0.2, -0.15) is 0 Å². The van der Waals surface area contributed by atoms with E-state index in [-0.39, 0.29) is 24.5 Å². The number of hydrogen-bond donors (Lipinski definition) is 1. The molecule has 2 atom stereocenters. The number of aromatic nitrogens is 2. The fraction of sp³-hybridized carbons (Fsp3) is 0.792. The lowest BCUT2D eigenvalue weighted by molar-refractivity contribution is -0.152. The fourth-order valence-corrected chi connectivity index (χ4v) is 4.79. The number of hydrogen-bond acceptors (Lipinski definition) is 5. The number of ether oxygens (including phenoxy) is 2. The van der Waals surface area contributed by atoms with Crippen molar-refractivity contribution in [3.63, 3.8) is 0 Å².